The van der Waals surface area contributed by atoms with Gasteiger partial charge in [-0.15, -0.1) is 6.58 Å². The van der Waals surface area contributed by atoms with E-state index in [2.05, 4.69) is 11.3 Å². The van der Waals surface area contributed by atoms with Crippen molar-refractivity contribution in [2.75, 3.05) is 26.4 Å². The Labute approximate surface area is 112 Å². The highest BCUT2D eigenvalue weighted by Gasteiger charge is 2.26. The summed E-state index contributed by atoms with van der Waals surface area (Å²) in [6.07, 6.45) is 1.45. The summed E-state index contributed by atoms with van der Waals surface area (Å²) in [7, 11) is -1.22. The van der Waals surface area contributed by atoms with Crippen molar-refractivity contribution < 1.29 is 17.9 Å². The summed E-state index contributed by atoms with van der Waals surface area (Å²) in [5.74, 6) is -0.752. The monoisotopic (exact) mass is 284 g/mol. The van der Waals surface area contributed by atoms with Crippen molar-refractivity contribution in [2.24, 2.45) is 0 Å². The number of ether oxygens (including phenoxy) is 1. The number of nitrogens with zero attached hydrogens (tertiary/aromatic N) is 1. The van der Waals surface area contributed by atoms with Crippen LogP contribution in [0.5, 0.6) is 0 Å². The second-order valence-corrected chi connectivity index (χ2v) is 5.83. The number of nitrogens with two attached hydrogens (primary N) is 1. The molecule has 0 bridgehead atoms. The molecule has 0 unspecified atom stereocenters. The van der Waals surface area contributed by atoms with Gasteiger partial charge >= 0.3 is 5.97 Å². The summed E-state index contributed by atoms with van der Waals surface area (Å²) < 4.78 is 30.3. The van der Waals surface area contributed by atoms with E-state index in [9.17, 15) is 13.2 Å². The van der Waals surface area contributed by atoms with Gasteiger partial charge in [0.25, 0.3) is 0 Å². The minimum absolute atomic E-state index is 0.0848. The van der Waals surface area contributed by atoms with Crippen molar-refractivity contribution >= 4 is 21.7 Å². The van der Waals surface area contributed by atoms with E-state index in [1.807, 2.05) is 0 Å². The van der Waals surface area contributed by atoms with Crippen LogP contribution in [0.15, 0.2) is 35.7 Å². The first-order valence-corrected chi connectivity index (χ1v) is 6.83. The van der Waals surface area contributed by atoms with Gasteiger partial charge in [0.05, 0.1) is 17.6 Å². The molecule has 104 valence electrons. The number of benzene rings is 1. The van der Waals surface area contributed by atoms with Crippen molar-refractivity contribution in [1.82, 2.24) is 4.31 Å². The van der Waals surface area contributed by atoms with Gasteiger partial charge in [0.15, 0.2) is 0 Å². The third-order valence-corrected chi connectivity index (χ3v) is 4.36. The van der Waals surface area contributed by atoms with Crippen molar-refractivity contribution in [1.29, 1.82) is 0 Å². The summed E-state index contributed by atoms with van der Waals surface area (Å²) in [5.41, 5.74) is 5.76. The number of anilines is 1. The first-order chi connectivity index (χ1) is 8.84. The van der Waals surface area contributed by atoms with Crippen LogP contribution in [-0.4, -0.2) is 39.4 Å². The molecule has 0 radical (unpaired) electrons. The van der Waals surface area contributed by atoms with Crippen molar-refractivity contribution in [3.63, 3.8) is 0 Å². The van der Waals surface area contributed by atoms with Crippen LogP contribution in [0.1, 0.15) is 10.4 Å². The summed E-state index contributed by atoms with van der Waals surface area (Å²) in [6, 6.07) is 3.98. The van der Waals surface area contributed by atoms with Crippen LogP contribution in [0.25, 0.3) is 0 Å². The molecule has 0 aliphatic carbocycles. The number of carbonyl (C=O) groups excluding carboxylic acids is 1. The first-order valence-electron chi connectivity index (χ1n) is 5.39. The molecular formula is C12H16N2O4S. The van der Waals surface area contributed by atoms with E-state index in [0.717, 1.165) is 4.31 Å². The molecular weight excluding hydrogens is 268 g/mol. The molecule has 6 nitrogen and oxygen atoms in total. The molecule has 19 heavy (non-hydrogen) atoms. The maximum absolute atomic E-state index is 12.3. The number of sulfonamides is 1. The average Bonchev–Trinajstić information content (AvgIpc) is 2.37. The van der Waals surface area contributed by atoms with Crippen molar-refractivity contribution in [3.05, 3.63) is 36.4 Å². The van der Waals surface area contributed by atoms with E-state index in [-0.39, 0.29) is 22.7 Å². The highest BCUT2D eigenvalue weighted by molar-refractivity contribution is 7.89. The van der Waals surface area contributed by atoms with Crippen LogP contribution in [0.3, 0.4) is 0 Å². The van der Waals surface area contributed by atoms with E-state index in [0.29, 0.717) is 0 Å². The minimum atomic E-state index is -3.80. The number of likely N-dealkylation sites (N-methyl/N-ethyl adjacent to an activating group) is 1. The summed E-state index contributed by atoms with van der Waals surface area (Å²) in [4.78, 5) is 11.5. The normalized spacial score (nSPS) is 11.3. The average molecular weight is 284 g/mol. The van der Waals surface area contributed by atoms with Gasteiger partial charge in [-0.25, -0.2) is 13.2 Å². The molecule has 0 saturated heterocycles. The zero-order chi connectivity index (χ0) is 14.6. The van der Waals surface area contributed by atoms with Gasteiger partial charge in [0.2, 0.25) is 10.0 Å². The predicted octanol–water partition coefficient (Wildman–Crippen LogP) is 0.862. The van der Waals surface area contributed by atoms with Crippen molar-refractivity contribution in [3.8, 4) is 0 Å². The second-order valence-electron chi connectivity index (χ2n) is 3.82. The van der Waals surface area contributed by atoms with Crippen LogP contribution in [-0.2, 0) is 14.8 Å². The molecule has 0 spiro atoms. The maximum atomic E-state index is 12.3. The molecule has 2 N–H and O–H groups in total. The van der Waals surface area contributed by atoms with E-state index >= 15 is 0 Å². The maximum Gasteiger partial charge on any atom is 0.339 e. The molecule has 0 aliphatic rings. The fourth-order valence-electron chi connectivity index (χ4n) is 1.49. The van der Waals surface area contributed by atoms with E-state index in [4.69, 9.17) is 5.73 Å². The van der Waals surface area contributed by atoms with Gasteiger partial charge in [-0.05, 0) is 18.2 Å². The number of hydrogen-bond acceptors (Lipinski definition) is 5. The highest BCUT2D eigenvalue weighted by atomic mass is 32.2. The van der Waals surface area contributed by atoms with Gasteiger partial charge in [0.1, 0.15) is 0 Å². The smallest absolute Gasteiger partial charge is 0.339 e. The zero-order valence-corrected chi connectivity index (χ0v) is 11.6. The number of carbonyl (C=O) groups is 1. The zero-order valence-electron chi connectivity index (χ0n) is 10.8. The standard InChI is InChI=1S/C12H16N2O4S/c1-4-7-14(2)19(16,17)11-6-5-9(13)8-10(11)12(15)18-3/h4-6,8H,1,7,13H2,2-3H3. The minimum Gasteiger partial charge on any atom is -0.465 e. The topological polar surface area (TPSA) is 89.7 Å². The van der Waals surface area contributed by atoms with Crippen molar-refractivity contribution in [2.45, 2.75) is 4.90 Å². The molecule has 7 heteroatoms. The SMILES string of the molecule is C=CCN(C)S(=O)(=O)c1ccc(N)cc1C(=O)OC. The lowest BCUT2D eigenvalue weighted by atomic mass is 10.2. The van der Waals surface area contributed by atoms with Gasteiger partial charge in [-0.3, -0.25) is 0 Å². The third kappa shape index (κ3) is 3.12. The van der Waals surface area contributed by atoms with Gasteiger partial charge in [-0.2, -0.15) is 4.31 Å². The number of nitrogen functional groups attached to an aromatic ring is 1. The Kier molecular flexibility index (Phi) is 4.68. The lowest BCUT2D eigenvalue weighted by molar-refractivity contribution is 0.0596. The van der Waals surface area contributed by atoms with Crippen LogP contribution < -0.4 is 5.73 Å². The summed E-state index contributed by atoms with van der Waals surface area (Å²) in [5, 5.41) is 0. The Hall–Kier alpha value is -1.86. The van der Waals surface area contributed by atoms with Crippen LogP contribution in [0, 0.1) is 0 Å². The molecule has 0 aliphatic heterocycles. The Morgan fingerprint density at radius 2 is 2.16 bits per heavy atom. The molecule has 0 heterocycles. The van der Waals surface area contributed by atoms with Crippen LogP contribution in [0.2, 0.25) is 0 Å². The fraction of sp³-hybridized carbons (Fsp3) is 0.250. The van der Waals surface area contributed by atoms with Crippen LogP contribution >= 0.6 is 0 Å². The second kappa shape index (κ2) is 5.85. The molecule has 1 aromatic carbocycles. The molecule has 0 amide bonds. The Morgan fingerprint density at radius 3 is 2.68 bits per heavy atom. The largest absolute Gasteiger partial charge is 0.465 e. The van der Waals surface area contributed by atoms with E-state index < -0.39 is 16.0 Å². The molecule has 0 atom stereocenters. The number of hydrogen-bond donors (Lipinski definition) is 1. The van der Waals surface area contributed by atoms with E-state index in [1.165, 1.54) is 38.4 Å². The van der Waals surface area contributed by atoms with E-state index in [1.54, 1.807) is 0 Å². The Balaban J connectivity index is 3.42. The lowest BCUT2D eigenvalue weighted by Crippen LogP contribution is -2.28. The summed E-state index contributed by atoms with van der Waals surface area (Å²) in [6.45, 7) is 3.61. The lowest BCUT2D eigenvalue weighted by Gasteiger charge is -2.17. The summed E-state index contributed by atoms with van der Waals surface area (Å²) >= 11 is 0. The molecule has 0 saturated carbocycles. The molecule has 1 aromatic rings. The molecule has 0 fully saturated rings. The quantitative estimate of drug-likeness (QED) is 0.492. The number of rotatable bonds is 5. The number of esters is 1. The van der Waals surface area contributed by atoms with Gasteiger partial charge in [0, 0.05) is 19.3 Å². The number of methoxy groups -OCH3 is 1. The third-order valence-electron chi connectivity index (χ3n) is 2.48. The Morgan fingerprint density at radius 1 is 1.53 bits per heavy atom. The first kappa shape index (κ1) is 15.2. The van der Waals surface area contributed by atoms with Gasteiger partial charge < -0.3 is 10.5 Å². The highest BCUT2D eigenvalue weighted by Crippen LogP contribution is 2.22. The van der Waals surface area contributed by atoms with Crippen LogP contribution in [0.4, 0.5) is 5.69 Å². The Bertz CT molecular complexity index is 596. The molecule has 0 aromatic heterocycles. The fourth-order valence-corrected chi connectivity index (χ4v) is 2.79. The predicted molar refractivity (Wildman–Crippen MR) is 72.2 cm³/mol. The van der Waals surface area contributed by atoms with Gasteiger partial charge in [-0.1, -0.05) is 6.08 Å². The molecule has 1 rings (SSSR count).